The van der Waals surface area contributed by atoms with E-state index in [1.54, 1.807) is 4.90 Å². The molecule has 6 nitrogen and oxygen atoms in total. The minimum absolute atomic E-state index is 0.0782. The normalized spacial score (nSPS) is 13.2. The number of ether oxygens (including phenoxy) is 2. The first-order valence-corrected chi connectivity index (χ1v) is 13.3. The van der Waals surface area contributed by atoms with Gasteiger partial charge in [-0.3, -0.25) is 9.59 Å². The van der Waals surface area contributed by atoms with E-state index in [-0.39, 0.29) is 25.0 Å². The van der Waals surface area contributed by atoms with Crippen molar-refractivity contribution in [2.24, 2.45) is 0 Å². The quantitative estimate of drug-likeness (QED) is 0.364. The molecule has 1 aliphatic rings. The lowest BCUT2D eigenvalue weighted by Gasteiger charge is -2.34. The van der Waals surface area contributed by atoms with E-state index in [0.29, 0.717) is 30.9 Å². The van der Waals surface area contributed by atoms with Crippen LogP contribution in [-0.2, 0) is 29.0 Å². The molecule has 3 aromatic carbocycles. The van der Waals surface area contributed by atoms with Crippen LogP contribution < -0.4 is 14.8 Å². The summed E-state index contributed by atoms with van der Waals surface area (Å²) in [6.07, 6.45) is 1.23. The van der Waals surface area contributed by atoms with Crippen LogP contribution in [0.25, 0.3) is 0 Å². The van der Waals surface area contributed by atoms with Crippen LogP contribution in [0, 0.1) is 0 Å². The molecule has 3 aromatic rings. The van der Waals surface area contributed by atoms with Crippen LogP contribution >= 0.6 is 15.9 Å². The van der Waals surface area contributed by atoms with Gasteiger partial charge in [-0.1, -0.05) is 64.5 Å². The van der Waals surface area contributed by atoms with E-state index in [4.69, 9.17) is 9.47 Å². The number of rotatable bonds is 9. The molecule has 0 saturated carbocycles. The van der Waals surface area contributed by atoms with Crippen LogP contribution in [0.1, 0.15) is 43.9 Å². The predicted molar refractivity (Wildman–Crippen MR) is 147 cm³/mol. The number of hydrogen-bond acceptors (Lipinski definition) is 4. The molecule has 2 amide bonds. The van der Waals surface area contributed by atoms with Crippen LogP contribution in [0.4, 0.5) is 0 Å². The molecule has 7 heteroatoms. The lowest BCUT2D eigenvalue weighted by molar-refractivity contribution is -0.141. The smallest absolute Gasteiger partial charge is 0.243 e. The molecular formula is C30H33BrN2O4. The van der Waals surface area contributed by atoms with Crippen molar-refractivity contribution >= 4 is 27.7 Å². The Hall–Kier alpha value is -3.32. The molecule has 1 heterocycles. The Morgan fingerprint density at radius 1 is 0.919 bits per heavy atom. The van der Waals surface area contributed by atoms with Gasteiger partial charge in [0, 0.05) is 29.4 Å². The number of carbonyl (C=O) groups is 2. The molecule has 0 unspecified atom stereocenters. The van der Waals surface area contributed by atoms with Gasteiger partial charge >= 0.3 is 0 Å². The van der Waals surface area contributed by atoms with E-state index >= 15 is 0 Å². The lowest BCUT2D eigenvalue weighted by atomic mass is 9.99. The molecule has 0 spiro atoms. The van der Waals surface area contributed by atoms with Gasteiger partial charge in [0.25, 0.3) is 0 Å². The first kappa shape index (κ1) is 26.7. The van der Waals surface area contributed by atoms with Crippen LogP contribution in [0.15, 0.2) is 77.3 Å². The summed E-state index contributed by atoms with van der Waals surface area (Å²) in [6, 6.07) is 22.8. The number of aryl methyl sites for hydroxylation is 1. The third-order valence-corrected chi connectivity index (χ3v) is 6.63. The van der Waals surface area contributed by atoms with Gasteiger partial charge in [-0.25, -0.2) is 0 Å². The zero-order valence-electron chi connectivity index (χ0n) is 21.5. The highest BCUT2D eigenvalue weighted by Gasteiger charge is 2.32. The Labute approximate surface area is 227 Å². The van der Waals surface area contributed by atoms with E-state index in [1.165, 1.54) is 0 Å². The van der Waals surface area contributed by atoms with Crippen molar-refractivity contribution in [3.05, 3.63) is 94.0 Å². The van der Waals surface area contributed by atoms with Crippen LogP contribution in [0.2, 0.25) is 0 Å². The Morgan fingerprint density at radius 2 is 1.59 bits per heavy atom. The third kappa shape index (κ3) is 7.59. The molecule has 1 aliphatic heterocycles. The Balaban J connectivity index is 1.60. The molecule has 0 bridgehead atoms. The van der Waals surface area contributed by atoms with E-state index < -0.39 is 11.6 Å². The summed E-state index contributed by atoms with van der Waals surface area (Å²) in [7, 11) is 0. The molecule has 37 heavy (non-hydrogen) atoms. The number of fused-ring (bicyclic) bond motifs is 1. The van der Waals surface area contributed by atoms with Crippen molar-refractivity contribution in [3.63, 3.8) is 0 Å². The average molecular weight is 566 g/mol. The SMILES string of the molecule is CC(C)(C)NC(=O)[C@H](Cc1ccccc1)N(Cc1ccc(Br)cc1)C(=O)CCc1ccc2c(c1)OCO2. The second-order valence-corrected chi connectivity index (χ2v) is 11.2. The topological polar surface area (TPSA) is 67.9 Å². The predicted octanol–water partition coefficient (Wildman–Crippen LogP) is 5.67. The van der Waals surface area contributed by atoms with Crippen LogP contribution in [0.5, 0.6) is 11.5 Å². The first-order chi connectivity index (χ1) is 17.7. The zero-order valence-corrected chi connectivity index (χ0v) is 23.1. The van der Waals surface area contributed by atoms with Gasteiger partial charge in [-0.15, -0.1) is 0 Å². The van der Waals surface area contributed by atoms with Gasteiger partial charge < -0.3 is 19.7 Å². The van der Waals surface area contributed by atoms with Crippen molar-refractivity contribution in [1.29, 1.82) is 0 Å². The molecule has 0 saturated heterocycles. The van der Waals surface area contributed by atoms with Crippen LogP contribution in [-0.4, -0.2) is 35.1 Å². The number of amides is 2. The van der Waals surface area contributed by atoms with Crippen molar-refractivity contribution in [2.75, 3.05) is 6.79 Å². The van der Waals surface area contributed by atoms with Crippen molar-refractivity contribution < 1.29 is 19.1 Å². The second-order valence-electron chi connectivity index (χ2n) is 10.3. The van der Waals surface area contributed by atoms with Gasteiger partial charge in [-0.2, -0.15) is 0 Å². The van der Waals surface area contributed by atoms with E-state index in [1.807, 2.05) is 93.6 Å². The second kappa shape index (κ2) is 11.8. The molecular weight excluding hydrogens is 532 g/mol. The van der Waals surface area contributed by atoms with E-state index in [9.17, 15) is 9.59 Å². The van der Waals surface area contributed by atoms with Gasteiger partial charge in [0.05, 0.1) is 0 Å². The number of nitrogens with zero attached hydrogens (tertiary/aromatic N) is 1. The molecule has 0 aliphatic carbocycles. The number of halogens is 1. The highest BCUT2D eigenvalue weighted by atomic mass is 79.9. The Kier molecular flexibility index (Phi) is 8.54. The first-order valence-electron chi connectivity index (χ1n) is 12.5. The molecule has 4 rings (SSSR count). The number of nitrogens with one attached hydrogen (secondary N) is 1. The summed E-state index contributed by atoms with van der Waals surface area (Å²) < 4.78 is 11.9. The molecule has 194 valence electrons. The number of benzene rings is 3. The Morgan fingerprint density at radius 3 is 2.30 bits per heavy atom. The molecule has 0 fully saturated rings. The summed E-state index contributed by atoms with van der Waals surface area (Å²) in [5.74, 6) is 1.17. The molecule has 1 atom stereocenters. The highest BCUT2D eigenvalue weighted by Crippen LogP contribution is 2.33. The van der Waals surface area contributed by atoms with E-state index in [2.05, 4.69) is 21.2 Å². The standard InChI is InChI=1S/C30H33BrN2O4/c1-30(2,3)32-29(35)25(17-21-7-5-4-6-8-21)33(19-23-9-13-24(31)14-10-23)28(34)16-12-22-11-15-26-27(18-22)37-20-36-26/h4-11,13-15,18,25H,12,16-17,19-20H2,1-3H3,(H,32,35)/t25-/m0/s1. The fourth-order valence-electron chi connectivity index (χ4n) is 4.28. The average Bonchev–Trinajstić information content (AvgIpc) is 3.33. The van der Waals surface area contributed by atoms with Gasteiger partial charge in [0.1, 0.15) is 6.04 Å². The maximum Gasteiger partial charge on any atom is 0.243 e. The third-order valence-electron chi connectivity index (χ3n) is 6.10. The van der Waals surface area contributed by atoms with Gasteiger partial charge in [-0.05, 0) is 68.1 Å². The fourth-order valence-corrected chi connectivity index (χ4v) is 4.55. The minimum atomic E-state index is -0.658. The van der Waals surface area contributed by atoms with Crippen molar-refractivity contribution in [3.8, 4) is 11.5 Å². The highest BCUT2D eigenvalue weighted by molar-refractivity contribution is 9.10. The summed E-state index contributed by atoms with van der Waals surface area (Å²) in [6.45, 7) is 6.39. The Bertz CT molecular complexity index is 1220. The largest absolute Gasteiger partial charge is 0.454 e. The summed E-state index contributed by atoms with van der Waals surface area (Å²) >= 11 is 3.48. The van der Waals surface area contributed by atoms with Gasteiger partial charge in [0.15, 0.2) is 11.5 Å². The number of carbonyl (C=O) groups excluding carboxylic acids is 2. The molecule has 0 radical (unpaired) electrons. The van der Waals surface area contributed by atoms with Crippen molar-refractivity contribution in [1.82, 2.24) is 10.2 Å². The monoisotopic (exact) mass is 564 g/mol. The van der Waals surface area contributed by atoms with Crippen molar-refractivity contribution in [2.45, 2.75) is 58.2 Å². The summed E-state index contributed by atoms with van der Waals surface area (Å²) in [4.78, 5) is 29.1. The van der Waals surface area contributed by atoms with Crippen LogP contribution in [0.3, 0.4) is 0 Å². The van der Waals surface area contributed by atoms with E-state index in [0.717, 1.165) is 21.2 Å². The number of hydrogen-bond donors (Lipinski definition) is 1. The maximum atomic E-state index is 13.8. The summed E-state index contributed by atoms with van der Waals surface area (Å²) in [5.41, 5.74) is 2.52. The maximum absolute atomic E-state index is 13.8. The lowest BCUT2D eigenvalue weighted by Crippen LogP contribution is -2.54. The minimum Gasteiger partial charge on any atom is -0.454 e. The zero-order chi connectivity index (χ0) is 26.4. The summed E-state index contributed by atoms with van der Waals surface area (Å²) in [5, 5.41) is 3.10. The fraction of sp³-hybridized carbons (Fsp3) is 0.333. The molecule has 1 N–H and O–H groups in total. The van der Waals surface area contributed by atoms with Gasteiger partial charge in [0.2, 0.25) is 18.6 Å². The molecule has 0 aromatic heterocycles.